The first-order valence-corrected chi connectivity index (χ1v) is 11.0. The molecule has 3 rings (SSSR count). The highest BCUT2D eigenvalue weighted by Gasteiger charge is 2.60. The van der Waals surface area contributed by atoms with Crippen LogP contribution in [-0.4, -0.2) is 27.7 Å². The van der Waals surface area contributed by atoms with Gasteiger partial charge < -0.3 is 0 Å². The quantitative estimate of drug-likeness (QED) is 0.533. The van der Waals surface area contributed by atoms with Gasteiger partial charge in [-0.15, -0.1) is 0 Å². The molecule has 0 bridgehead atoms. The molecule has 160 valence electrons. The molecule has 0 spiro atoms. The Hall–Kier alpha value is -2.41. The number of hydrogen-bond donors (Lipinski definition) is 0. The van der Waals surface area contributed by atoms with E-state index in [0.717, 1.165) is 28.9 Å². The molecule has 1 aromatic heterocycles. The molecule has 0 radical (unpaired) electrons. The number of nitrogens with zero attached hydrogens (tertiary/aromatic N) is 1. The molecule has 1 heterocycles. The van der Waals surface area contributed by atoms with E-state index in [1.807, 2.05) is 6.92 Å². The summed E-state index contributed by atoms with van der Waals surface area (Å²) in [5, 5.41) is 0. The molecule has 0 amide bonds. The smallest absolute Gasteiger partial charge is 0.298 e. The van der Waals surface area contributed by atoms with Gasteiger partial charge in [-0.2, -0.15) is 0 Å². The SMILES string of the molecule is CCCCn1c(=O)sc2ccc(C(=O)C3C(=O)C(C)(C)C(=O)C(C)(C)C3=O)c(C)c21. The maximum absolute atomic E-state index is 13.5. The van der Waals surface area contributed by atoms with Crippen LogP contribution in [0.5, 0.6) is 0 Å². The first-order chi connectivity index (χ1) is 13.9. The van der Waals surface area contributed by atoms with Gasteiger partial charge in [0.25, 0.3) is 0 Å². The number of carbonyl (C=O) groups excluding carboxylic acids is 4. The van der Waals surface area contributed by atoms with E-state index in [1.54, 1.807) is 23.6 Å². The third-order valence-electron chi connectivity index (χ3n) is 6.24. The fraction of sp³-hybridized carbons (Fsp3) is 0.522. The van der Waals surface area contributed by atoms with Gasteiger partial charge in [-0.05, 0) is 58.7 Å². The lowest BCUT2D eigenvalue weighted by Gasteiger charge is -2.40. The fourth-order valence-electron chi connectivity index (χ4n) is 4.36. The van der Waals surface area contributed by atoms with Crippen LogP contribution in [0, 0.1) is 23.7 Å². The molecule has 0 saturated heterocycles. The van der Waals surface area contributed by atoms with Crippen molar-refractivity contribution in [2.24, 2.45) is 16.7 Å². The second-order valence-corrected chi connectivity index (χ2v) is 10.1. The van der Waals surface area contributed by atoms with Crippen LogP contribution < -0.4 is 4.87 Å². The monoisotopic (exact) mass is 429 g/mol. The molecule has 0 atom stereocenters. The number of hydrogen-bond acceptors (Lipinski definition) is 6. The Kier molecular flexibility index (Phi) is 5.48. The molecule has 1 saturated carbocycles. The Bertz CT molecular complexity index is 1120. The van der Waals surface area contributed by atoms with Gasteiger partial charge in [0.1, 0.15) is 5.92 Å². The number of unbranched alkanes of at least 4 members (excludes halogenated alkanes) is 1. The summed E-state index contributed by atoms with van der Waals surface area (Å²) < 4.78 is 2.43. The third-order valence-corrected chi connectivity index (χ3v) is 7.18. The molecular formula is C23H27NO5S. The van der Waals surface area contributed by atoms with E-state index < -0.39 is 39.9 Å². The number of thiazole rings is 1. The molecule has 1 aliphatic rings. The molecule has 0 unspecified atom stereocenters. The van der Waals surface area contributed by atoms with E-state index in [9.17, 15) is 24.0 Å². The molecular weight excluding hydrogens is 402 g/mol. The van der Waals surface area contributed by atoms with E-state index in [2.05, 4.69) is 0 Å². The standard InChI is InChI=1S/C23H27NO5S/c1-7-8-11-24-16-12(2)13(9-10-14(16)30-21(24)29)17(25)15-18(26)22(3,4)20(28)23(5,6)19(15)27/h9-10,15H,7-8,11H2,1-6H3. The van der Waals surface area contributed by atoms with Crippen LogP contribution in [-0.2, 0) is 20.9 Å². The van der Waals surface area contributed by atoms with E-state index in [-0.39, 0.29) is 10.4 Å². The zero-order valence-electron chi connectivity index (χ0n) is 18.3. The number of aromatic nitrogens is 1. The van der Waals surface area contributed by atoms with Crippen molar-refractivity contribution >= 4 is 44.7 Å². The number of fused-ring (bicyclic) bond motifs is 1. The van der Waals surface area contributed by atoms with Gasteiger partial charge in [0.2, 0.25) is 0 Å². The van der Waals surface area contributed by atoms with Gasteiger partial charge in [-0.25, -0.2) is 0 Å². The summed E-state index contributed by atoms with van der Waals surface area (Å²) in [4.78, 5) is 64.6. The van der Waals surface area contributed by atoms with Crippen LogP contribution in [0.2, 0.25) is 0 Å². The topological polar surface area (TPSA) is 90.3 Å². The maximum atomic E-state index is 13.5. The van der Waals surface area contributed by atoms with Crippen LogP contribution in [0.25, 0.3) is 10.2 Å². The van der Waals surface area contributed by atoms with E-state index in [0.29, 0.717) is 17.6 Å². The Morgan fingerprint density at radius 3 is 2.13 bits per heavy atom. The van der Waals surface area contributed by atoms with Crippen molar-refractivity contribution in [1.29, 1.82) is 0 Å². The summed E-state index contributed by atoms with van der Waals surface area (Å²) in [6.45, 7) is 10.2. The number of aryl methyl sites for hydroxylation is 2. The third kappa shape index (κ3) is 3.11. The van der Waals surface area contributed by atoms with Gasteiger partial charge >= 0.3 is 4.87 Å². The molecule has 0 N–H and O–H groups in total. The molecule has 2 aromatic rings. The van der Waals surface area contributed by atoms with Gasteiger partial charge in [0, 0.05) is 12.1 Å². The van der Waals surface area contributed by atoms with Crippen LogP contribution in [0.15, 0.2) is 16.9 Å². The number of Topliss-reactive ketones (excluding diaryl/α,β-unsaturated/α-hetero) is 4. The first kappa shape index (κ1) is 22.3. The molecule has 6 nitrogen and oxygen atoms in total. The molecule has 0 aliphatic heterocycles. The molecule has 30 heavy (non-hydrogen) atoms. The Morgan fingerprint density at radius 1 is 1.03 bits per heavy atom. The van der Waals surface area contributed by atoms with Crippen molar-refractivity contribution < 1.29 is 19.2 Å². The van der Waals surface area contributed by atoms with Crippen molar-refractivity contribution in [3.8, 4) is 0 Å². The molecule has 1 fully saturated rings. The van der Waals surface area contributed by atoms with E-state index >= 15 is 0 Å². The maximum Gasteiger partial charge on any atom is 0.308 e. The molecule has 1 aromatic carbocycles. The Labute approximate surface area is 179 Å². The van der Waals surface area contributed by atoms with Gasteiger partial charge in [0.15, 0.2) is 23.1 Å². The summed E-state index contributed by atoms with van der Waals surface area (Å²) in [6, 6.07) is 3.28. The summed E-state index contributed by atoms with van der Waals surface area (Å²) >= 11 is 1.12. The van der Waals surface area contributed by atoms with E-state index in [4.69, 9.17) is 0 Å². The van der Waals surface area contributed by atoms with Crippen molar-refractivity contribution in [1.82, 2.24) is 4.57 Å². The predicted octanol–water partition coefficient (Wildman–Crippen LogP) is 3.74. The van der Waals surface area contributed by atoms with Crippen molar-refractivity contribution in [2.75, 3.05) is 0 Å². The molecule has 7 heteroatoms. The average molecular weight is 430 g/mol. The van der Waals surface area contributed by atoms with Crippen LogP contribution >= 0.6 is 11.3 Å². The van der Waals surface area contributed by atoms with Crippen molar-refractivity contribution in [3.05, 3.63) is 32.9 Å². The molecule has 1 aliphatic carbocycles. The summed E-state index contributed by atoms with van der Waals surface area (Å²) in [5.74, 6) is -3.89. The Balaban J connectivity index is 2.16. The second-order valence-electron chi connectivity index (χ2n) is 9.06. The lowest BCUT2D eigenvalue weighted by molar-refractivity contribution is -0.158. The highest BCUT2D eigenvalue weighted by atomic mass is 32.1. The zero-order valence-corrected chi connectivity index (χ0v) is 19.1. The average Bonchev–Trinajstić information content (AvgIpc) is 3.00. The highest BCUT2D eigenvalue weighted by Crippen LogP contribution is 2.42. The van der Waals surface area contributed by atoms with Crippen LogP contribution in [0.1, 0.15) is 63.4 Å². The summed E-state index contributed by atoms with van der Waals surface area (Å²) in [5.41, 5.74) is -1.32. The lowest BCUT2D eigenvalue weighted by Crippen LogP contribution is -2.59. The van der Waals surface area contributed by atoms with Gasteiger partial charge in [-0.1, -0.05) is 24.7 Å². The minimum atomic E-state index is -1.52. The van der Waals surface area contributed by atoms with Gasteiger partial charge in [0.05, 0.1) is 21.0 Å². The second kappa shape index (κ2) is 7.38. The van der Waals surface area contributed by atoms with Crippen molar-refractivity contribution in [2.45, 2.75) is 60.9 Å². The van der Waals surface area contributed by atoms with E-state index in [1.165, 1.54) is 27.7 Å². The van der Waals surface area contributed by atoms with Gasteiger partial charge in [-0.3, -0.25) is 28.5 Å². The normalized spacial score (nSPS) is 18.9. The summed E-state index contributed by atoms with van der Waals surface area (Å²) in [7, 11) is 0. The largest absolute Gasteiger partial charge is 0.308 e. The zero-order chi connectivity index (χ0) is 22.6. The predicted molar refractivity (Wildman–Crippen MR) is 116 cm³/mol. The van der Waals surface area contributed by atoms with Crippen molar-refractivity contribution in [3.63, 3.8) is 0 Å². The fourth-order valence-corrected chi connectivity index (χ4v) is 5.34. The minimum Gasteiger partial charge on any atom is -0.298 e. The number of benzene rings is 1. The van der Waals surface area contributed by atoms with Crippen LogP contribution in [0.3, 0.4) is 0 Å². The number of carbonyl (C=O) groups is 4. The summed E-state index contributed by atoms with van der Waals surface area (Å²) in [6.07, 6.45) is 1.75. The van der Waals surface area contributed by atoms with Crippen LogP contribution in [0.4, 0.5) is 0 Å². The number of ketones is 4. The lowest BCUT2D eigenvalue weighted by atomic mass is 9.57. The highest BCUT2D eigenvalue weighted by molar-refractivity contribution is 7.16. The Morgan fingerprint density at radius 2 is 1.60 bits per heavy atom. The first-order valence-electron chi connectivity index (χ1n) is 10.2. The minimum absolute atomic E-state index is 0.0937. The number of rotatable bonds is 5.